The summed E-state index contributed by atoms with van der Waals surface area (Å²) in [6.45, 7) is 1.86. The van der Waals surface area contributed by atoms with Crippen LogP contribution in [0.3, 0.4) is 0 Å². The molecule has 0 saturated heterocycles. The van der Waals surface area contributed by atoms with Crippen LogP contribution in [0.2, 0.25) is 5.28 Å². The van der Waals surface area contributed by atoms with Gasteiger partial charge in [-0.05, 0) is 42.8 Å². The summed E-state index contributed by atoms with van der Waals surface area (Å²) in [6.07, 6.45) is 0. The van der Waals surface area contributed by atoms with Gasteiger partial charge in [-0.2, -0.15) is 5.26 Å². The van der Waals surface area contributed by atoms with E-state index in [0.29, 0.717) is 5.56 Å². The number of aryl methyl sites for hydroxylation is 1. The highest BCUT2D eigenvalue weighted by Gasteiger charge is 2.07. The molecule has 0 atom stereocenters. The SMILES string of the molecule is Cc1cc(N(C)c2ccc(C#N)cc2)nc(Cl)n1. The van der Waals surface area contributed by atoms with Crippen molar-refractivity contribution in [1.82, 2.24) is 9.97 Å². The number of hydrogen-bond acceptors (Lipinski definition) is 4. The van der Waals surface area contributed by atoms with Crippen molar-refractivity contribution >= 4 is 23.1 Å². The molecule has 4 nitrogen and oxygen atoms in total. The number of nitrogens with zero attached hydrogens (tertiary/aromatic N) is 4. The second-order valence-electron chi connectivity index (χ2n) is 3.85. The lowest BCUT2D eigenvalue weighted by Gasteiger charge is -2.18. The Hall–Kier alpha value is -2.12. The maximum absolute atomic E-state index is 8.76. The van der Waals surface area contributed by atoms with E-state index in [1.54, 1.807) is 12.1 Å². The smallest absolute Gasteiger partial charge is 0.224 e. The van der Waals surface area contributed by atoms with Crippen molar-refractivity contribution in [2.24, 2.45) is 0 Å². The Bertz CT molecular complexity index is 581. The molecule has 5 heteroatoms. The lowest BCUT2D eigenvalue weighted by molar-refractivity contribution is 1.05. The monoisotopic (exact) mass is 258 g/mol. The van der Waals surface area contributed by atoms with Crippen LogP contribution in [0.25, 0.3) is 0 Å². The van der Waals surface area contributed by atoms with Gasteiger partial charge >= 0.3 is 0 Å². The van der Waals surface area contributed by atoms with E-state index in [9.17, 15) is 0 Å². The summed E-state index contributed by atoms with van der Waals surface area (Å²) in [5.74, 6) is 0.720. The standard InChI is InChI=1S/C13H11ClN4/c1-9-7-12(17-13(14)16-9)18(2)11-5-3-10(8-15)4-6-11/h3-7H,1-2H3. The summed E-state index contributed by atoms with van der Waals surface area (Å²) in [6, 6.07) is 11.2. The van der Waals surface area contributed by atoms with Gasteiger partial charge in [0.1, 0.15) is 5.82 Å². The molecule has 1 aromatic heterocycles. The third-order valence-corrected chi connectivity index (χ3v) is 2.71. The molecule has 0 amide bonds. The molecule has 0 aliphatic rings. The van der Waals surface area contributed by atoms with Crippen LogP contribution in [-0.2, 0) is 0 Å². The number of aromatic nitrogens is 2. The van der Waals surface area contributed by atoms with Gasteiger partial charge < -0.3 is 4.90 Å². The molecule has 0 aliphatic heterocycles. The first kappa shape index (κ1) is 12.3. The molecule has 0 aliphatic carbocycles. The van der Waals surface area contributed by atoms with Gasteiger partial charge in [0.25, 0.3) is 0 Å². The molecular formula is C13H11ClN4. The molecular weight excluding hydrogens is 248 g/mol. The molecule has 0 unspecified atom stereocenters. The Morgan fingerprint density at radius 3 is 2.44 bits per heavy atom. The van der Waals surface area contributed by atoms with E-state index in [1.165, 1.54) is 0 Å². The van der Waals surface area contributed by atoms with Gasteiger partial charge in [0.2, 0.25) is 5.28 Å². The molecule has 0 fully saturated rings. The van der Waals surface area contributed by atoms with E-state index in [1.807, 2.05) is 37.1 Å². The zero-order valence-electron chi connectivity index (χ0n) is 10.1. The van der Waals surface area contributed by atoms with Gasteiger partial charge in [-0.15, -0.1) is 0 Å². The van der Waals surface area contributed by atoms with Crippen molar-refractivity contribution < 1.29 is 0 Å². The van der Waals surface area contributed by atoms with Gasteiger partial charge in [0.15, 0.2) is 0 Å². The quantitative estimate of drug-likeness (QED) is 0.777. The van der Waals surface area contributed by atoms with Gasteiger partial charge in [0.05, 0.1) is 11.6 Å². The minimum atomic E-state index is 0.227. The van der Waals surface area contributed by atoms with E-state index in [4.69, 9.17) is 16.9 Å². The first-order chi connectivity index (χ1) is 8.60. The minimum Gasteiger partial charge on any atom is -0.329 e. The fourth-order valence-electron chi connectivity index (χ4n) is 1.58. The van der Waals surface area contributed by atoms with Crippen LogP contribution in [0.1, 0.15) is 11.3 Å². The van der Waals surface area contributed by atoms with Crippen molar-refractivity contribution in [2.75, 3.05) is 11.9 Å². The molecule has 18 heavy (non-hydrogen) atoms. The average Bonchev–Trinajstić information content (AvgIpc) is 2.37. The molecule has 2 rings (SSSR count). The maximum atomic E-state index is 8.76. The number of rotatable bonds is 2. The zero-order valence-corrected chi connectivity index (χ0v) is 10.8. The number of nitriles is 1. The van der Waals surface area contributed by atoms with Crippen molar-refractivity contribution in [1.29, 1.82) is 5.26 Å². The van der Waals surface area contributed by atoms with Crippen molar-refractivity contribution in [3.05, 3.63) is 46.9 Å². The van der Waals surface area contributed by atoms with Crippen LogP contribution in [0.4, 0.5) is 11.5 Å². The number of anilines is 2. The molecule has 90 valence electrons. The molecule has 2 aromatic rings. The predicted octanol–water partition coefficient (Wildman–Crippen LogP) is 3.08. The van der Waals surface area contributed by atoms with Gasteiger partial charge in [-0.25, -0.2) is 9.97 Å². The highest BCUT2D eigenvalue weighted by molar-refractivity contribution is 6.28. The molecule has 0 spiro atoms. The highest BCUT2D eigenvalue weighted by atomic mass is 35.5. The Labute approximate surface area is 110 Å². The van der Waals surface area contributed by atoms with Crippen LogP contribution < -0.4 is 4.90 Å². The van der Waals surface area contributed by atoms with Crippen LogP contribution in [0, 0.1) is 18.3 Å². The summed E-state index contributed by atoms with van der Waals surface area (Å²) in [7, 11) is 1.89. The Morgan fingerprint density at radius 2 is 1.89 bits per heavy atom. The second kappa shape index (κ2) is 5.03. The van der Waals surface area contributed by atoms with Gasteiger partial charge in [0, 0.05) is 24.5 Å². The van der Waals surface area contributed by atoms with Crippen molar-refractivity contribution in [2.45, 2.75) is 6.92 Å². The third kappa shape index (κ3) is 2.58. The topological polar surface area (TPSA) is 52.8 Å². The number of halogens is 1. The second-order valence-corrected chi connectivity index (χ2v) is 4.19. The van der Waals surface area contributed by atoms with Crippen LogP contribution in [-0.4, -0.2) is 17.0 Å². The van der Waals surface area contributed by atoms with Crippen LogP contribution in [0.5, 0.6) is 0 Å². The fraction of sp³-hybridized carbons (Fsp3) is 0.154. The van der Waals surface area contributed by atoms with Gasteiger partial charge in [-0.1, -0.05) is 0 Å². The fourth-order valence-corrected chi connectivity index (χ4v) is 1.80. The maximum Gasteiger partial charge on any atom is 0.224 e. The minimum absolute atomic E-state index is 0.227. The summed E-state index contributed by atoms with van der Waals surface area (Å²) < 4.78 is 0. The van der Waals surface area contributed by atoms with E-state index < -0.39 is 0 Å². The molecule has 0 N–H and O–H groups in total. The molecule has 1 aromatic carbocycles. The Kier molecular flexibility index (Phi) is 3.45. The largest absolute Gasteiger partial charge is 0.329 e. The molecule has 0 saturated carbocycles. The van der Waals surface area contributed by atoms with Crippen molar-refractivity contribution in [3.8, 4) is 6.07 Å². The summed E-state index contributed by atoms with van der Waals surface area (Å²) in [5, 5.41) is 8.98. The van der Waals surface area contributed by atoms with Crippen molar-refractivity contribution in [3.63, 3.8) is 0 Å². The summed E-state index contributed by atoms with van der Waals surface area (Å²) in [5.41, 5.74) is 2.37. The summed E-state index contributed by atoms with van der Waals surface area (Å²) in [4.78, 5) is 10.1. The van der Waals surface area contributed by atoms with Crippen LogP contribution in [0.15, 0.2) is 30.3 Å². The molecule has 1 heterocycles. The third-order valence-electron chi connectivity index (χ3n) is 2.54. The Balaban J connectivity index is 2.35. The lowest BCUT2D eigenvalue weighted by atomic mass is 10.2. The predicted molar refractivity (Wildman–Crippen MR) is 71.0 cm³/mol. The van der Waals surface area contributed by atoms with Crippen LogP contribution >= 0.6 is 11.6 Å². The van der Waals surface area contributed by atoms with E-state index in [2.05, 4.69) is 16.0 Å². The first-order valence-electron chi connectivity index (χ1n) is 5.35. The summed E-state index contributed by atoms with van der Waals surface area (Å²) >= 11 is 5.84. The number of hydrogen-bond donors (Lipinski definition) is 0. The zero-order chi connectivity index (χ0) is 13.1. The normalized spacial score (nSPS) is 9.89. The molecule has 0 bridgehead atoms. The highest BCUT2D eigenvalue weighted by Crippen LogP contribution is 2.23. The van der Waals surface area contributed by atoms with E-state index in [-0.39, 0.29) is 5.28 Å². The lowest BCUT2D eigenvalue weighted by Crippen LogP contribution is -2.12. The Morgan fingerprint density at radius 1 is 1.22 bits per heavy atom. The van der Waals surface area contributed by atoms with E-state index in [0.717, 1.165) is 17.2 Å². The first-order valence-corrected chi connectivity index (χ1v) is 5.73. The average molecular weight is 259 g/mol. The number of benzene rings is 1. The van der Waals surface area contributed by atoms with Gasteiger partial charge in [-0.3, -0.25) is 0 Å². The van der Waals surface area contributed by atoms with E-state index >= 15 is 0 Å². The molecule has 0 radical (unpaired) electrons.